The first-order valence-electron chi connectivity index (χ1n) is 6.78. The molecule has 2 rings (SSSR count). The smallest absolute Gasteiger partial charge is 0.323 e. The van der Waals surface area contributed by atoms with E-state index < -0.39 is 5.97 Å². The quantitative estimate of drug-likeness (QED) is 0.884. The highest BCUT2D eigenvalue weighted by atomic mass is 16.4. The second kappa shape index (κ2) is 6.36. The second-order valence-electron chi connectivity index (χ2n) is 5.08. The van der Waals surface area contributed by atoms with Crippen LogP contribution in [0.3, 0.4) is 0 Å². The number of nitrogens with zero attached hydrogens (tertiary/aromatic N) is 2. The standard InChI is InChI=1S/C14H19N3O3/c1-10-6-7-15-8-12(10)16-14(20)17(9-13(18)19)11-4-2-3-5-11/h6-8,11H,2-5,9H2,1H3,(H,16,20)(H,18,19). The van der Waals surface area contributed by atoms with Gasteiger partial charge in [-0.3, -0.25) is 9.78 Å². The van der Waals surface area contributed by atoms with Gasteiger partial charge in [0, 0.05) is 12.2 Å². The summed E-state index contributed by atoms with van der Waals surface area (Å²) in [7, 11) is 0. The van der Waals surface area contributed by atoms with Crippen LogP contribution in [0.5, 0.6) is 0 Å². The zero-order valence-electron chi connectivity index (χ0n) is 11.5. The summed E-state index contributed by atoms with van der Waals surface area (Å²) in [5.74, 6) is -0.991. The van der Waals surface area contributed by atoms with Crippen LogP contribution in [-0.2, 0) is 4.79 Å². The van der Waals surface area contributed by atoms with E-state index in [0.29, 0.717) is 5.69 Å². The first-order chi connectivity index (χ1) is 9.58. The third kappa shape index (κ3) is 3.46. The van der Waals surface area contributed by atoms with Gasteiger partial charge in [0.1, 0.15) is 6.54 Å². The highest BCUT2D eigenvalue weighted by molar-refractivity contribution is 5.92. The third-order valence-corrected chi connectivity index (χ3v) is 3.61. The Balaban J connectivity index is 2.09. The van der Waals surface area contributed by atoms with Crippen molar-refractivity contribution in [2.75, 3.05) is 11.9 Å². The molecule has 0 radical (unpaired) electrons. The van der Waals surface area contributed by atoms with Crippen molar-refractivity contribution in [1.29, 1.82) is 0 Å². The number of urea groups is 1. The van der Waals surface area contributed by atoms with Crippen molar-refractivity contribution < 1.29 is 14.7 Å². The molecule has 1 saturated carbocycles. The van der Waals surface area contributed by atoms with E-state index in [1.807, 2.05) is 6.92 Å². The molecule has 1 fully saturated rings. The molecule has 2 N–H and O–H groups in total. The molecule has 0 aromatic carbocycles. The van der Waals surface area contributed by atoms with Crippen molar-refractivity contribution in [2.45, 2.75) is 38.6 Å². The van der Waals surface area contributed by atoms with Crippen molar-refractivity contribution >= 4 is 17.7 Å². The number of anilines is 1. The van der Waals surface area contributed by atoms with Crippen LogP contribution >= 0.6 is 0 Å². The molecule has 0 atom stereocenters. The van der Waals surface area contributed by atoms with E-state index in [-0.39, 0.29) is 18.6 Å². The number of carboxylic acids is 1. The van der Waals surface area contributed by atoms with Crippen LogP contribution in [0.25, 0.3) is 0 Å². The largest absolute Gasteiger partial charge is 0.480 e. The Labute approximate surface area is 117 Å². The monoisotopic (exact) mass is 277 g/mol. The van der Waals surface area contributed by atoms with Crippen LogP contribution in [-0.4, -0.2) is 39.6 Å². The van der Waals surface area contributed by atoms with Crippen LogP contribution < -0.4 is 5.32 Å². The molecule has 6 heteroatoms. The molecule has 1 heterocycles. The summed E-state index contributed by atoms with van der Waals surface area (Å²) in [6, 6.07) is 1.45. The van der Waals surface area contributed by atoms with Gasteiger partial charge in [-0.15, -0.1) is 0 Å². The first kappa shape index (κ1) is 14.3. The van der Waals surface area contributed by atoms with Crippen molar-refractivity contribution in [3.8, 4) is 0 Å². The van der Waals surface area contributed by atoms with E-state index in [4.69, 9.17) is 5.11 Å². The lowest BCUT2D eigenvalue weighted by Crippen LogP contribution is -2.44. The Kier molecular flexibility index (Phi) is 4.55. The zero-order chi connectivity index (χ0) is 14.5. The lowest BCUT2D eigenvalue weighted by Gasteiger charge is -2.27. The minimum Gasteiger partial charge on any atom is -0.480 e. The van der Waals surface area contributed by atoms with E-state index in [9.17, 15) is 9.59 Å². The number of hydrogen-bond acceptors (Lipinski definition) is 3. The Morgan fingerprint density at radius 3 is 2.75 bits per heavy atom. The van der Waals surface area contributed by atoms with E-state index in [1.165, 1.54) is 4.90 Å². The third-order valence-electron chi connectivity index (χ3n) is 3.61. The summed E-state index contributed by atoms with van der Waals surface area (Å²) < 4.78 is 0. The number of hydrogen-bond donors (Lipinski definition) is 2. The van der Waals surface area contributed by atoms with Gasteiger partial charge in [0.2, 0.25) is 0 Å². The minimum atomic E-state index is -0.991. The number of nitrogens with one attached hydrogen (secondary N) is 1. The van der Waals surface area contributed by atoms with Crippen molar-refractivity contribution in [3.05, 3.63) is 24.0 Å². The Bertz CT molecular complexity index is 498. The van der Waals surface area contributed by atoms with Crippen molar-refractivity contribution in [1.82, 2.24) is 9.88 Å². The van der Waals surface area contributed by atoms with Gasteiger partial charge in [-0.25, -0.2) is 4.79 Å². The van der Waals surface area contributed by atoms with Crippen molar-refractivity contribution in [3.63, 3.8) is 0 Å². The predicted octanol–water partition coefficient (Wildman–Crippen LogP) is 2.25. The fourth-order valence-corrected chi connectivity index (χ4v) is 2.51. The highest BCUT2D eigenvalue weighted by Crippen LogP contribution is 2.24. The Hall–Kier alpha value is -2.11. The molecule has 0 aliphatic heterocycles. The number of amides is 2. The summed E-state index contributed by atoms with van der Waals surface area (Å²) in [6.07, 6.45) is 7.04. The minimum absolute atomic E-state index is 0.0167. The second-order valence-corrected chi connectivity index (χ2v) is 5.08. The number of carbonyl (C=O) groups excluding carboxylic acids is 1. The molecular weight excluding hydrogens is 258 g/mol. The molecule has 0 saturated heterocycles. The topological polar surface area (TPSA) is 82.5 Å². The van der Waals surface area contributed by atoms with Gasteiger partial charge >= 0.3 is 12.0 Å². The molecule has 1 aliphatic rings. The van der Waals surface area contributed by atoms with Gasteiger partial charge in [0.15, 0.2) is 0 Å². The van der Waals surface area contributed by atoms with Crippen LogP contribution in [0.1, 0.15) is 31.2 Å². The van der Waals surface area contributed by atoms with E-state index >= 15 is 0 Å². The summed E-state index contributed by atoms with van der Waals surface area (Å²) >= 11 is 0. The average Bonchev–Trinajstić information content (AvgIpc) is 2.92. The summed E-state index contributed by atoms with van der Waals surface area (Å²) in [6.45, 7) is 1.60. The summed E-state index contributed by atoms with van der Waals surface area (Å²) in [5, 5.41) is 11.7. The van der Waals surface area contributed by atoms with Gasteiger partial charge in [-0.2, -0.15) is 0 Å². The lowest BCUT2D eigenvalue weighted by atomic mass is 10.2. The number of carboxylic acid groups (broad SMARTS) is 1. The van der Waals surface area contributed by atoms with E-state index in [0.717, 1.165) is 31.2 Å². The van der Waals surface area contributed by atoms with Crippen LogP contribution in [0, 0.1) is 6.92 Å². The number of pyridine rings is 1. The highest BCUT2D eigenvalue weighted by Gasteiger charge is 2.28. The number of aryl methyl sites for hydroxylation is 1. The number of rotatable bonds is 4. The molecule has 0 unspecified atom stereocenters. The normalized spacial score (nSPS) is 15.1. The average molecular weight is 277 g/mol. The van der Waals surface area contributed by atoms with E-state index in [2.05, 4.69) is 10.3 Å². The molecular formula is C14H19N3O3. The molecule has 1 aromatic rings. The SMILES string of the molecule is Cc1ccncc1NC(=O)N(CC(=O)O)C1CCCC1. The molecule has 1 aromatic heterocycles. The zero-order valence-corrected chi connectivity index (χ0v) is 11.5. The molecule has 1 aliphatic carbocycles. The van der Waals surface area contributed by atoms with Gasteiger partial charge in [-0.05, 0) is 31.4 Å². The molecule has 6 nitrogen and oxygen atoms in total. The maximum absolute atomic E-state index is 12.3. The summed E-state index contributed by atoms with van der Waals surface area (Å²) in [4.78, 5) is 28.7. The van der Waals surface area contributed by atoms with Crippen LogP contribution in [0.2, 0.25) is 0 Å². The molecule has 20 heavy (non-hydrogen) atoms. The lowest BCUT2D eigenvalue weighted by molar-refractivity contribution is -0.138. The van der Waals surface area contributed by atoms with Crippen LogP contribution in [0.15, 0.2) is 18.5 Å². The fraction of sp³-hybridized carbons (Fsp3) is 0.500. The number of aliphatic carboxylic acids is 1. The number of carbonyl (C=O) groups is 2. The summed E-state index contributed by atoms with van der Waals surface area (Å²) in [5.41, 5.74) is 1.51. The predicted molar refractivity (Wildman–Crippen MR) is 74.6 cm³/mol. The Morgan fingerprint density at radius 2 is 2.15 bits per heavy atom. The molecule has 0 bridgehead atoms. The maximum Gasteiger partial charge on any atom is 0.323 e. The van der Waals surface area contributed by atoms with Gasteiger partial charge < -0.3 is 15.3 Å². The van der Waals surface area contributed by atoms with Crippen LogP contribution in [0.4, 0.5) is 10.5 Å². The molecule has 108 valence electrons. The van der Waals surface area contributed by atoms with Crippen molar-refractivity contribution in [2.24, 2.45) is 0 Å². The fourth-order valence-electron chi connectivity index (χ4n) is 2.51. The maximum atomic E-state index is 12.3. The van der Waals surface area contributed by atoms with E-state index in [1.54, 1.807) is 18.5 Å². The molecule has 2 amide bonds. The first-order valence-corrected chi connectivity index (χ1v) is 6.78. The van der Waals surface area contributed by atoms with Gasteiger partial charge in [-0.1, -0.05) is 12.8 Å². The van der Waals surface area contributed by atoms with Gasteiger partial charge in [0.25, 0.3) is 0 Å². The Morgan fingerprint density at radius 1 is 1.45 bits per heavy atom. The van der Waals surface area contributed by atoms with Gasteiger partial charge in [0.05, 0.1) is 11.9 Å². The molecule has 0 spiro atoms. The number of aromatic nitrogens is 1.